The molecule has 3 atom stereocenters. The van der Waals surface area contributed by atoms with Crippen LogP contribution in [0.15, 0.2) is 12.1 Å². The van der Waals surface area contributed by atoms with E-state index in [1.165, 1.54) is 0 Å². The van der Waals surface area contributed by atoms with Crippen molar-refractivity contribution in [2.75, 3.05) is 12.4 Å². The van der Waals surface area contributed by atoms with Gasteiger partial charge in [-0.05, 0) is 75.6 Å². The second-order valence-corrected chi connectivity index (χ2v) is 7.63. The fourth-order valence-corrected chi connectivity index (χ4v) is 3.73. The molecule has 25 heavy (non-hydrogen) atoms. The van der Waals surface area contributed by atoms with Crippen LogP contribution in [0.1, 0.15) is 64.0 Å². The van der Waals surface area contributed by atoms with E-state index in [0.29, 0.717) is 5.92 Å². The van der Waals surface area contributed by atoms with Crippen molar-refractivity contribution in [2.45, 2.75) is 78.4 Å². The second kappa shape index (κ2) is 8.22. The molecule has 2 rings (SSSR count). The highest BCUT2D eigenvalue weighted by molar-refractivity contribution is 5.97. The second-order valence-electron chi connectivity index (χ2n) is 7.63. The summed E-state index contributed by atoms with van der Waals surface area (Å²) in [5.74, 6) is 1.39. The van der Waals surface area contributed by atoms with Crippen molar-refractivity contribution in [3.8, 4) is 5.75 Å². The summed E-state index contributed by atoms with van der Waals surface area (Å²) < 4.78 is 11.7. The molecule has 1 saturated carbocycles. The zero-order chi connectivity index (χ0) is 18.6. The molecule has 0 heterocycles. The molecule has 140 valence electrons. The van der Waals surface area contributed by atoms with Gasteiger partial charge in [-0.25, -0.2) is 0 Å². The topological polar surface area (TPSA) is 47.6 Å². The van der Waals surface area contributed by atoms with Crippen LogP contribution in [0.25, 0.3) is 0 Å². The molecule has 1 aromatic carbocycles. The zero-order valence-corrected chi connectivity index (χ0v) is 16.6. The summed E-state index contributed by atoms with van der Waals surface area (Å²) in [6, 6.07) is 3.97. The molecule has 0 aliphatic heterocycles. The molecule has 1 aromatic rings. The van der Waals surface area contributed by atoms with Gasteiger partial charge in [-0.3, -0.25) is 4.79 Å². The number of hydrogen-bond donors (Lipinski definition) is 1. The average molecular weight is 347 g/mol. The third-order valence-corrected chi connectivity index (χ3v) is 5.37. The fraction of sp³-hybridized carbons (Fsp3) is 0.667. The van der Waals surface area contributed by atoms with E-state index in [1.54, 1.807) is 7.11 Å². The van der Waals surface area contributed by atoms with Gasteiger partial charge in [0.1, 0.15) is 11.4 Å². The Morgan fingerprint density at radius 1 is 1.36 bits per heavy atom. The van der Waals surface area contributed by atoms with Crippen LogP contribution in [-0.4, -0.2) is 24.7 Å². The number of carbonyl (C=O) groups is 1. The number of nitrogens with one attached hydrogen (secondary N) is 1. The van der Waals surface area contributed by atoms with Crippen molar-refractivity contribution >= 4 is 11.6 Å². The van der Waals surface area contributed by atoms with Crippen LogP contribution in [-0.2, 0) is 9.53 Å². The molecular formula is C21H33NO3. The van der Waals surface area contributed by atoms with E-state index >= 15 is 0 Å². The lowest BCUT2D eigenvalue weighted by atomic mass is 9.78. The van der Waals surface area contributed by atoms with E-state index in [1.807, 2.05) is 26.0 Å². The first-order valence-electron chi connectivity index (χ1n) is 9.45. The predicted molar refractivity (Wildman–Crippen MR) is 102 cm³/mol. The molecule has 0 bridgehead atoms. The Morgan fingerprint density at radius 2 is 2.00 bits per heavy atom. The number of amides is 1. The number of carbonyl (C=O) groups excluding carboxylic acids is 1. The van der Waals surface area contributed by atoms with Crippen LogP contribution in [0.5, 0.6) is 5.75 Å². The van der Waals surface area contributed by atoms with Crippen LogP contribution < -0.4 is 10.1 Å². The first kappa shape index (κ1) is 19.8. The first-order chi connectivity index (χ1) is 11.8. The zero-order valence-electron chi connectivity index (χ0n) is 16.6. The Bertz CT molecular complexity index is 590. The van der Waals surface area contributed by atoms with Crippen molar-refractivity contribution in [1.29, 1.82) is 0 Å². The Hall–Kier alpha value is -1.55. The average Bonchev–Trinajstić information content (AvgIpc) is 2.57. The Morgan fingerprint density at radius 3 is 2.52 bits per heavy atom. The number of hydrogen-bond acceptors (Lipinski definition) is 3. The molecule has 1 aliphatic rings. The van der Waals surface area contributed by atoms with Crippen molar-refractivity contribution in [2.24, 2.45) is 5.92 Å². The predicted octanol–water partition coefficient (Wildman–Crippen LogP) is 5.01. The number of rotatable bonds is 6. The SMILES string of the molecule is CC[C@@H](C)Oc1c(C)cc(NC(=O)[C@]2(OC)CCC[C@@H](C)C2)cc1C. The highest BCUT2D eigenvalue weighted by atomic mass is 16.5. The highest BCUT2D eigenvalue weighted by Gasteiger charge is 2.42. The molecule has 1 aliphatic carbocycles. The van der Waals surface area contributed by atoms with Crippen molar-refractivity contribution in [3.63, 3.8) is 0 Å². The molecule has 0 saturated heterocycles. The van der Waals surface area contributed by atoms with E-state index in [0.717, 1.165) is 54.7 Å². The number of benzene rings is 1. The summed E-state index contributed by atoms with van der Waals surface area (Å²) in [6.45, 7) is 10.4. The first-order valence-corrected chi connectivity index (χ1v) is 9.45. The molecule has 4 nitrogen and oxygen atoms in total. The number of aryl methyl sites for hydroxylation is 2. The monoisotopic (exact) mass is 347 g/mol. The summed E-state index contributed by atoms with van der Waals surface area (Å²) in [5, 5.41) is 3.08. The molecule has 0 aromatic heterocycles. The Labute approximate surface area is 152 Å². The van der Waals surface area contributed by atoms with Gasteiger partial charge in [0.25, 0.3) is 5.91 Å². The molecule has 0 unspecified atom stereocenters. The maximum atomic E-state index is 12.9. The maximum Gasteiger partial charge on any atom is 0.256 e. The summed E-state index contributed by atoms with van der Waals surface area (Å²) in [5.41, 5.74) is 2.19. The van der Waals surface area contributed by atoms with Crippen molar-refractivity contribution in [1.82, 2.24) is 0 Å². The molecule has 4 heteroatoms. The van der Waals surface area contributed by atoms with Gasteiger partial charge < -0.3 is 14.8 Å². The number of anilines is 1. The van der Waals surface area contributed by atoms with Gasteiger partial charge in [-0.2, -0.15) is 0 Å². The van der Waals surface area contributed by atoms with Crippen LogP contribution in [0.3, 0.4) is 0 Å². The van der Waals surface area contributed by atoms with Crippen LogP contribution in [0.4, 0.5) is 5.69 Å². The van der Waals surface area contributed by atoms with E-state index in [2.05, 4.69) is 26.1 Å². The van der Waals surface area contributed by atoms with Gasteiger partial charge >= 0.3 is 0 Å². The van der Waals surface area contributed by atoms with E-state index in [-0.39, 0.29) is 12.0 Å². The van der Waals surface area contributed by atoms with E-state index in [4.69, 9.17) is 9.47 Å². The van der Waals surface area contributed by atoms with Gasteiger partial charge in [0.05, 0.1) is 6.10 Å². The lowest BCUT2D eigenvalue weighted by Crippen LogP contribution is -2.47. The lowest BCUT2D eigenvalue weighted by molar-refractivity contribution is -0.143. The summed E-state index contributed by atoms with van der Waals surface area (Å²) in [7, 11) is 1.65. The standard InChI is InChI=1S/C21H33NO3/c1-7-17(5)25-19-15(3)11-18(12-16(19)4)22-20(23)21(24-6)10-8-9-14(2)13-21/h11-12,14,17H,7-10,13H2,1-6H3,(H,22,23)/t14-,17-,21+/m1/s1. The molecule has 1 N–H and O–H groups in total. The Balaban J connectivity index is 2.18. The fourth-order valence-electron chi connectivity index (χ4n) is 3.73. The third kappa shape index (κ3) is 4.55. The van der Waals surface area contributed by atoms with Crippen LogP contribution >= 0.6 is 0 Å². The largest absolute Gasteiger partial charge is 0.490 e. The summed E-state index contributed by atoms with van der Waals surface area (Å²) in [6.07, 6.45) is 4.90. The maximum absolute atomic E-state index is 12.9. The van der Waals surface area contributed by atoms with Gasteiger partial charge in [-0.15, -0.1) is 0 Å². The van der Waals surface area contributed by atoms with E-state index < -0.39 is 5.60 Å². The van der Waals surface area contributed by atoms with E-state index in [9.17, 15) is 4.79 Å². The minimum absolute atomic E-state index is 0.0315. The number of methoxy groups -OCH3 is 1. The number of ether oxygens (including phenoxy) is 2. The van der Waals surface area contributed by atoms with Gasteiger partial charge in [0.2, 0.25) is 0 Å². The molecular weight excluding hydrogens is 314 g/mol. The highest BCUT2D eigenvalue weighted by Crippen LogP contribution is 2.36. The third-order valence-electron chi connectivity index (χ3n) is 5.37. The molecule has 0 radical (unpaired) electrons. The van der Waals surface area contributed by atoms with Crippen LogP contribution in [0.2, 0.25) is 0 Å². The van der Waals surface area contributed by atoms with Crippen molar-refractivity contribution in [3.05, 3.63) is 23.3 Å². The van der Waals surface area contributed by atoms with Crippen LogP contribution in [0, 0.1) is 19.8 Å². The van der Waals surface area contributed by atoms with Gasteiger partial charge in [0.15, 0.2) is 0 Å². The normalized spacial score (nSPS) is 24.6. The summed E-state index contributed by atoms with van der Waals surface area (Å²) in [4.78, 5) is 12.9. The van der Waals surface area contributed by atoms with Gasteiger partial charge in [-0.1, -0.05) is 20.3 Å². The minimum Gasteiger partial charge on any atom is -0.490 e. The molecule has 1 amide bonds. The molecule has 0 spiro atoms. The van der Waals surface area contributed by atoms with Crippen molar-refractivity contribution < 1.29 is 14.3 Å². The Kier molecular flexibility index (Phi) is 6.50. The smallest absolute Gasteiger partial charge is 0.256 e. The minimum atomic E-state index is -0.703. The quantitative estimate of drug-likeness (QED) is 0.786. The summed E-state index contributed by atoms with van der Waals surface area (Å²) >= 11 is 0. The lowest BCUT2D eigenvalue weighted by Gasteiger charge is -2.37. The van der Waals surface area contributed by atoms with Gasteiger partial charge in [0, 0.05) is 12.8 Å². The molecule has 1 fully saturated rings.